The molecule has 0 heterocycles. The van der Waals surface area contributed by atoms with Gasteiger partial charge in [0.1, 0.15) is 0 Å². The van der Waals surface area contributed by atoms with E-state index in [0.717, 1.165) is 11.1 Å². The van der Waals surface area contributed by atoms with Crippen LogP contribution >= 0.6 is 34.8 Å². The molecule has 0 saturated carbocycles. The third kappa shape index (κ3) is 4.11. The second kappa shape index (κ2) is 6.55. The maximum Gasteiger partial charge on any atom is 0.240 e. The highest BCUT2D eigenvalue weighted by Crippen LogP contribution is 2.25. The first-order chi connectivity index (χ1) is 9.79. The average Bonchev–Trinajstić information content (AvgIpc) is 2.43. The third-order valence-corrected chi connectivity index (χ3v) is 5.45. The van der Waals surface area contributed by atoms with Gasteiger partial charge in [0.2, 0.25) is 10.0 Å². The first-order valence-electron chi connectivity index (χ1n) is 5.99. The summed E-state index contributed by atoms with van der Waals surface area (Å²) in [5.41, 5.74) is 1.71. The Morgan fingerprint density at radius 2 is 1.67 bits per heavy atom. The summed E-state index contributed by atoms with van der Waals surface area (Å²) in [7, 11) is -3.66. The van der Waals surface area contributed by atoms with E-state index in [1.54, 1.807) is 6.07 Å². The molecule has 112 valence electrons. The molecule has 2 aromatic carbocycles. The van der Waals surface area contributed by atoms with Crippen molar-refractivity contribution in [3.8, 4) is 0 Å². The fourth-order valence-corrected chi connectivity index (χ4v) is 3.26. The van der Waals surface area contributed by atoms with Crippen LogP contribution in [0.3, 0.4) is 0 Å². The Morgan fingerprint density at radius 3 is 2.29 bits per heavy atom. The number of nitrogens with one attached hydrogen (secondary N) is 1. The van der Waals surface area contributed by atoms with Gasteiger partial charge in [0.15, 0.2) is 0 Å². The Kier molecular flexibility index (Phi) is 5.17. The van der Waals surface area contributed by atoms with Crippen molar-refractivity contribution in [2.75, 3.05) is 0 Å². The molecule has 0 aliphatic heterocycles. The van der Waals surface area contributed by atoms with E-state index in [2.05, 4.69) is 4.72 Å². The van der Waals surface area contributed by atoms with Crippen LogP contribution < -0.4 is 4.72 Å². The molecular weight excluding hydrogens is 353 g/mol. The minimum absolute atomic E-state index is 0.0649. The zero-order valence-electron chi connectivity index (χ0n) is 11.0. The molecule has 0 atom stereocenters. The van der Waals surface area contributed by atoms with Gasteiger partial charge in [-0.25, -0.2) is 13.1 Å². The Balaban J connectivity index is 2.17. The molecule has 3 nitrogen and oxygen atoms in total. The summed E-state index contributed by atoms with van der Waals surface area (Å²) in [5.74, 6) is 0. The van der Waals surface area contributed by atoms with Crippen LogP contribution in [0.2, 0.25) is 15.1 Å². The lowest BCUT2D eigenvalue weighted by Gasteiger charge is -2.08. The standard InChI is InChI=1S/C14H12Cl3NO2S/c1-9-2-3-10(6-13(9)16)8-18-21(19,20)11-4-5-12(15)14(17)7-11/h2-7,18H,8H2,1H3. The number of sulfonamides is 1. The second-order valence-electron chi connectivity index (χ2n) is 4.48. The lowest BCUT2D eigenvalue weighted by Crippen LogP contribution is -2.23. The SMILES string of the molecule is Cc1ccc(CNS(=O)(=O)c2ccc(Cl)c(Cl)c2)cc1Cl. The van der Waals surface area contributed by atoms with E-state index in [1.807, 2.05) is 19.1 Å². The van der Waals surface area contributed by atoms with Crippen LogP contribution in [-0.4, -0.2) is 8.42 Å². The molecule has 2 aromatic rings. The van der Waals surface area contributed by atoms with E-state index < -0.39 is 10.0 Å². The Hall–Kier alpha value is -0.780. The fraction of sp³-hybridized carbons (Fsp3) is 0.143. The van der Waals surface area contributed by atoms with Gasteiger partial charge in [0.25, 0.3) is 0 Å². The Bertz CT molecular complexity index is 776. The maximum absolute atomic E-state index is 12.2. The molecule has 0 amide bonds. The molecule has 21 heavy (non-hydrogen) atoms. The van der Waals surface area contributed by atoms with E-state index in [9.17, 15) is 8.42 Å². The van der Waals surface area contributed by atoms with Gasteiger partial charge in [-0.05, 0) is 42.3 Å². The molecule has 0 radical (unpaired) electrons. The Morgan fingerprint density at radius 1 is 0.952 bits per heavy atom. The third-order valence-electron chi connectivity index (χ3n) is 2.90. The van der Waals surface area contributed by atoms with Gasteiger partial charge in [-0.15, -0.1) is 0 Å². The maximum atomic E-state index is 12.2. The van der Waals surface area contributed by atoms with Crippen LogP contribution in [0, 0.1) is 6.92 Å². The summed E-state index contributed by atoms with van der Waals surface area (Å²) in [6, 6.07) is 9.55. The van der Waals surface area contributed by atoms with E-state index in [0.29, 0.717) is 10.0 Å². The van der Waals surface area contributed by atoms with E-state index in [-0.39, 0.29) is 16.5 Å². The predicted octanol–water partition coefficient (Wildman–Crippen LogP) is 4.43. The lowest BCUT2D eigenvalue weighted by molar-refractivity contribution is 0.581. The van der Waals surface area contributed by atoms with E-state index in [1.165, 1.54) is 18.2 Å². The smallest absolute Gasteiger partial charge is 0.207 e. The number of hydrogen-bond acceptors (Lipinski definition) is 2. The average molecular weight is 365 g/mol. The van der Waals surface area contributed by atoms with Gasteiger partial charge < -0.3 is 0 Å². The number of hydrogen-bond donors (Lipinski definition) is 1. The molecule has 0 aliphatic rings. The molecule has 1 N–H and O–H groups in total. The van der Waals surface area contributed by atoms with Gasteiger partial charge in [-0.1, -0.05) is 46.9 Å². The zero-order chi connectivity index (χ0) is 15.6. The lowest BCUT2D eigenvalue weighted by atomic mass is 10.1. The predicted molar refractivity (Wildman–Crippen MR) is 86.7 cm³/mol. The van der Waals surface area contributed by atoms with Crippen LogP contribution in [0.4, 0.5) is 0 Å². The van der Waals surface area contributed by atoms with Crippen molar-refractivity contribution in [1.82, 2.24) is 4.72 Å². The molecule has 0 fully saturated rings. The summed E-state index contributed by atoms with van der Waals surface area (Å²) >= 11 is 17.6. The molecule has 2 rings (SSSR count). The highest BCUT2D eigenvalue weighted by Gasteiger charge is 2.15. The molecule has 0 spiro atoms. The fourth-order valence-electron chi connectivity index (χ4n) is 1.65. The zero-order valence-corrected chi connectivity index (χ0v) is 14.1. The molecule has 0 unspecified atom stereocenters. The first kappa shape index (κ1) is 16.6. The quantitative estimate of drug-likeness (QED) is 0.872. The van der Waals surface area contributed by atoms with Gasteiger partial charge in [-0.2, -0.15) is 0 Å². The number of halogens is 3. The molecule has 0 saturated heterocycles. The van der Waals surface area contributed by atoms with Crippen LogP contribution in [-0.2, 0) is 16.6 Å². The number of rotatable bonds is 4. The van der Waals surface area contributed by atoms with Crippen LogP contribution in [0.1, 0.15) is 11.1 Å². The van der Waals surface area contributed by atoms with Crippen LogP contribution in [0.25, 0.3) is 0 Å². The van der Waals surface area contributed by atoms with Crippen molar-refractivity contribution >= 4 is 44.8 Å². The topological polar surface area (TPSA) is 46.2 Å². The van der Waals surface area contributed by atoms with E-state index in [4.69, 9.17) is 34.8 Å². The van der Waals surface area contributed by atoms with E-state index >= 15 is 0 Å². The first-order valence-corrected chi connectivity index (χ1v) is 8.61. The van der Waals surface area contributed by atoms with Gasteiger partial charge in [-0.3, -0.25) is 0 Å². The van der Waals surface area contributed by atoms with Crippen molar-refractivity contribution in [3.05, 3.63) is 62.6 Å². The van der Waals surface area contributed by atoms with Crippen LogP contribution in [0.15, 0.2) is 41.3 Å². The summed E-state index contributed by atoms with van der Waals surface area (Å²) in [5, 5.41) is 1.10. The summed E-state index contributed by atoms with van der Waals surface area (Å²) in [4.78, 5) is 0.0649. The van der Waals surface area contributed by atoms with Crippen molar-refractivity contribution in [2.24, 2.45) is 0 Å². The van der Waals surface area contributed by atoms with Crippen molar-refractivity contribution in [1.29, 1.82) is 0 Å². The number of aryl methyl sites for hydroxylation is 1. The molecule has 0 aliphatic carbocycles. The highest BCUT2D eigenvalue weighted by molar-refractivity contribution is 7.89. The van der Waals surface area contributed by atoms with Crippen molar-refractivity contribution < 1.29 is 8.42 Å². The second-order valence-corrected chi connectivity index (χ2v) is 7.47. The molecule has 7 heteroatoms. The summed E-state index contributed by atoms with van der Waals surface area (Å²) in [6.45, 7) is 2.02. The number of benzene rings is 2. The van der Waals surface area contributed by atoms with Gasteiger partial charge in [0, 0.05) is 11.6 Å². The molecule has 0 aromatic heterocycles. The molecular formula is C14H12Cl3NO2S. The highest BCUT2D eigenvalue weighted by atomic mass is 35.5. The van der Waals surface area contributed by atoms with Crippen molar-refractivity contribution in [3.63, 3.8) is 0 Å². The van der Waals surface area contributed by atoms with Gasteiger partial charge in [0.05, 0.1) is 14.9 Å². The summed E-state index contributed by atoms with van der Waals surface area (Å²) in [6.07, 6.45) is 0. The largest absolute Gasteiger partial charge is 0.240 e. The normalized spacial score (nSPS) is 11.6. The minimum Gasteiger partial charge on any atom is -0.207 e. The van der Waals surface area contributed by atoms with Gasteiger partial charge >= 0.3 is 0 Å². The minimum atomic E-state index is -3.66. The summed E-state index contributed by atoms with van der Waals surface area (Å²) < 4.78 is 26.8. The molecule has 0 bridgehead atoms. The van der Waals surface area contributed by atoms with Crippen molar-refractivity contribution in [2.45, 2.75) is 18.4 Å². The monoisotopic (exact) mass is 363 g/mol. The Labute approximate surface area is 138 Å². The van der Waals surface area contributed by atoms with Crippen LogP contribution in [0.5, 0.6) is 0 Å².